The van der Waals surface area contributed by atoms with Crippen molar-refractivity contribution >= 4 is 40.5 Å². The maximum atomic E-state index is 10.9. The van der Waals surface area contributed by atoms with E-state index >= 15 is 0 Å². The normalized spacial score (nSPS) is 17.4. The number of benzene rings is 2. The molecule has 9 heteroatoms. The van der Waals surface area contributed by atoms with E-state index in [2.05, 4.69) is 58.0 Å². The molecule has 0 radical (unpaired) electrons. The van der Waals surface area contributed by atoms with Gasteiger partial charge in [0.15, 0.2) is 5.11 Å². The van der Waals surface area contributed by atoms with E-state index in [0.29, 0.717) is 5.11 Å². The fraction of sp³-hybridized carbons (Fsp3) is 0.154. The van der Waals surface area contributed by atoms with Gasteiger partial charge in [0, 0.05) is 52.2 Å². The Kier molecular flexibility index (Phi) is 6.27. The molecule has 1 fully saturated rings. The molecular formula is C26H23N5O2S2. The first-order valence-corrected chi connectivity index (χ1v) is 12.3. The minimum atomic E-state index is -0.390. The van der Waals surface area contributed by atoms with Crippen molar-refractivity contribution in [2.75, 3.05) is 4.90 Å². The van der Waals surface area contributed by atoms with Crippen LogP contribution >= 0.6 is 24.0 Å². The molecule has 5 rings (SSSR count). The molecule has 1 N–H and O–H groups in total. The van der Waals surface area contributed by atoms with Crippen LogP contribution in [-0.2, 0) is 7.05 Å². The highest BCUT2D eigenvalue weighted by molar-refractivity contribution is 7.99. The van der Waals surface area contributed by atoms with E-state index in [4.69, 9.17) is 12.2 Å². The Hall–Kier alpha value is -3.69. The third kappa shape index (κ3) is 4.52. The average Bonchev–Trinajstić information content (AvgIpc) is 3.38. The first kappa shape index (κ1) is 23.1. The van der Waals surface area contributed by atoms with Crippen LogP contribution in [0, 0.1) is 17.0 Å². The number of non-ortho nitro benzene ring substituents is 1. The van der Waals surface area contributed by atoms with Gasteiger partial charge in [0.2, 0.25) is 0 Å². The summed E-state index contributed by atoms with van der Waals surface area (Å²) in [5.41, 5.74) is 4.33. The van der Waals surface area contributed by atoms with E-state index < -0.39 is 0 Å². The summed E-state index contributed by atoms with van der Waals surface area (Å²) >= 11 is 7.37. The van der Waals surface area contributed by atoms with Crippen LogP contribution in [0.1, 0.15) is 29.2 Å². The van der Waals surface area contributed by atoms with E-state index in [1.165, 1.54) is 17.8 Å². The average molecular weight is 502 g/mol. The fourth-order valence-corrected chi connectivity index (χ4v) is 5.47. The molecule has 1 saturated heterocycles. The van der Waals surface area contributed by atoms with Gasteiger partial charge < -0.3 is 14.8 Å². The third-order valence-electron chi connectivity index (χ3n) is 6.21. The lowest BCUT2D eigenvalue weighted by Crippen LogP contribution is -2.30. The van der Waals surface area contributed by atoms with Crippen LogP contribution in [0.4, 0.5) is 11.4 Å². The number of hydrogen-bond donors (Lipinski definition) is 1. The highest BCUT2D eigenvalue weighted by atomic mass is 32.2. The third-order valence-corrected chi connectivity index (χ3v) is 7.54. The van der Waals surface area contributed by atoms with E-state index in [9.17, 15) is 10.1 Å². The number of hydrogen-bond acceptors (Lipinski definition) is 5. The zero-order chi connectivity index (χ0) is 24.5. The highest BCUT2D eigenvalue weighted by Crippen LogP contribution is 2.42. The number of rotatable bonds is 6. The van der Waals surface area contributed by atoms with E-state index in [-0.39, 0.29) is 22.7 Å². The standard InChI is InChI=1S/C26H23N5O2S2/c1-17-6-15-23(29(17)2)25-24(22-5-3-4-16-27-22)28-26(34)30(25)18-7-11-20(12-8-18)35-21-13-9-19(10-14-21)31(32)33/h3-16,24-25H,1-2H3,(H,28,34)/t24-,25+/m0/s1. The molecule has 2 aromatic heterocycles. The zero-order valence-electron chi connectivity index (χ0n) is 19.2. The SMILES string of the molecule is Cc1ccc([C@@H]2[C@H](c3ccccn3)NC(=S)N2c2ccc(Sc3ccc([N+](=O)[O-])cc3)cc2)n1C. The van der Waals surface area contributed by atoms with Gasteiger partial charge >= 0.3 is 0 Å². The lowest BCUT2D eigenvalue weighted by molar-refractivity contribution is -0.384. The zero-order valence-corrected chi connectivity index (χ0v) is 20.8. The Morgan fingerprint density at radius 1 is 1.00 bits per heavy atom. The van der Waals surface area contributed by atoms with Crippen molar-refractivity contribution in [1.82, 2.24) is 14.9 Å². The van der Waals surface area contributed by atoms with Crippen LogP contribution in [0.2, 0.25) is 0 Å². The molecule has 2 aromatic carbocycles. The summed E-state index contributed by atoms with van der Waals surface area (Å²) < 4.78 is 2.20. The second kappa shape index (κ2) is 9.52. The van der Waals surface area contributed by atoms with E-state index in [0.717, 1.165) is 26.9 Å². The number of aryl methyl sites for hydroxylation is 1. The van der Waals surface area contributed by atoms with Crippen molar-refractivity contribution in [3.63, 3.8) is 0 Å². The Labute approximate surface area is 213 Å². The predicted octanol–water partition coefficient (Wildman–Crippen LogP) is 5.97. The first-order valence-electron chi connectivity index (χ1n) is 11.1. The number of thiocarbonyl (C=S) groups is 1. The Balaban J connectivity index is 1.45. The van der Waals surface area contributed by atoms with E-state index in [1.807, 2.05) is 30.3 Å². The van der Waals surface area contributed by atoms with Crippen LogP contribution < -0.4 is 10.2 Å². The molecule has 0 saturated carbocycles. The Morgan fingerprint density at radius 3 is 2.26 bits per heavy atom. The van der Waals surface area contributed by atoms with Gasteiger partial charge in [-0.25, -0.2) is 0 Å². The predicted molar refractivity (Wildman–Crippen MR) is 142 cm³/mol. The molecule has 7 nitrogen and oxygen atoms in total. The molecule has 0 amide bonds. The van der Waals surface area contributed by atoms with Crippen molar-refractivity contribution in [3.8, 4) is 0 Å². The molecule has 1 aliphatic heterocycles. The fourth-order valence-electron chi connectivity index (χ4n) is 4.31. The van der Waals surface area contributed by atoms with Crippen LogP contribution in [-0.4, -0.2) is 19.6 Å². The van der Waals surface area contributed by atoms with E-state index in [1.54, 1.807) is 30.1 Å². The van der Waals surface area contributed by atoms with Gasteiger partial charge in [0.25, 0.3) is 5.69 Å². The number of aromatic nitrogens is 2. The van der Waals surface area contributed by atoms with Crippen molar-refractivity contribution in [2.24, 2.45) is 7.05 Å². The summed E-state index contributed by atoms with van der Waals surface area (Å²) in [5.74, 6) is 0. The molecular weight excluding hydrogens is 478 g/mol. The second-order valence-corrected chi connectivity index (χ2v) is 9.84. The number of nitrogens with zero attached hydrogens (tertiary/aromatic N) is 4. The first-order chi connectivity index (χ1) is 16.9. The van der Waals surface area contributed by atoms with Crippen LogP contribution in [0.25, 0.3) is 0 Å². The Bertz CT molecular complexity index is 1370. The summed E-state index contributed by atoms with van der Waals surface area (Å²) in [6.45, 7) is 2.09. The Morgan fingerprint density at radius 2 is 1.69 bits per heavy atom. The van der Waals surface area contributed by atoms with Gasteiger partial charge in [0.1, 0.15) is 6.04 Å². The molecule has 176 valence electrons. The largest absolute Gasteiger partial charge is 0.351 e. The summed E-state index contributed by atoms with van der Waals surface area (Å²) in [5, 5.41) is 15.0. The van der Waals surface area contributed by atoms with Gasteiger partial charge in [-0.2, -0.15) is 0 Å². The van der Waals surface area contributed by atoms with Crippen LogP contribution in [0.15, 0.2) is 94.9 Å². The van der Waals surface area contributed by atoms with Crippen molar-refractivity contribution in [2.45, 2.75) is 28.8 Å². The van der Waals surface area contributed by atoms with Crippen LogP contribution in [0.3, 0.4) is 0 Å². The van der Waals surface area contributed by atoms with Gasteiger partial charge in [-0.1, -0.05) is 17.8 Å². The molecule has 1 aliphatic rings. The second-order valence-electron chi connectivity index (χ2n) is 8.30. The maximum Gasteiger partial charge on any atom is 0.269 e. The lowest BCUT2D eigenvalue weighted by Gasteiger charge is -2.28. The molecule has 0 aliphatic carbocycles. The summed E-state index contributed by atoms with van der Waals surface area (Å²) in [4.78, 5) is 19.2. The molecule has 0 unspecified atom stereocenters. The topological polar surface area (TPSA) is 76.2 Å². The summed E-state index contributed by atoms with van der Waals surface area (Å²) in [6, 6.07) is 24.8. The van der Waals surface area contributed by atoms with Crippen molar-refractivity contribution < 1.29 is 4.92 Å². The number of pyridine rings is 1. The smallest absolute Gasteiger partial charge is 0.269 e. The minimum absolute atomic E-state index is 0.0655. The van der Waals surface area contributed by atoms with Gasteiger partial charge in [0.05, 0.1) is 16.7 Å². The van der Waals surface area contributed by atoms with Crippen molar-refractivity contribution in [1.29, 1.82) is 0 Å². The molecule has 35 heavy (non-hydrogen) atoms. The van der Waals surface area contributed by atoms with Gasteiger partial charge in [-0.3, -0.25) is 15.1 Å². The molecule has 3 heterocycles. The van der Waals surface area contributed by atoms with Crippen LogP contribution in [0.5, 0.6) is 0 Å². The monoisotopic (exact) mass is 501 g/mol. The molecule has 4 aromatic rings. The number of nitrogens with one attached hydrogen (secondary N) is 1. The molecule has 0 spiro atoms. The maximum absolute atomic E-state index is 10.9. The quantitative estimate of drug-likeness (QED) is 0.198. The highest BCUT2D eigenvalue weighted by Gasteiger charge is 2.41. The van der Waals surface area contributed by atoms with Crippen molar-refractivity contribution in [3.05, 3.63) is 112 Å². The number of anilines is 1. The van der Waals surface area contributed by atoms with Gasteiger partial charge in [-0.05, 0) is 79.8 Å². The minimum Gasteiger partial charge on any atom is -0.351 e. The lowest BCUT2D eigenvalue weighted by atomic mass is 10.0. The van der Waals surface area contributed by atoms with Gasteiger partial charge in [-0.15, -0.1) is 0 Å². The number of nitro groups is 1. The summed E-state index contributed by atoms with van der Waals surface area (Å²) in [6.07, 6.45) is 1.81. The number of nitro benzene ring substituents is 1. The molecule has 2 atom stereocenters. The summed E-state index contributed by atoms with van der Waals surface area (Å²) in [7, 11) is 2.07. The molecule has 0 bridgehead atoms.